The number of rotatable bonds is 24. The second-order valence-corrected chi connectivity index (χ2v) is 13.8. The summed E-state index contributed by atoms with van der Waals surface area (Å²) in [6.07, 6.45) is 10.2. The van der Waals surface area contributed by atoms with Crippen molar-refractivity contribution in [3.05, 3.63) is 35.9 Å². The van der Waals surface area contributed by atoms with E-state index >= 15 is 0 Å². The molecule has 0 aromatic heterocycles. The van der Waals surface area contributed by atoms with Crippen molar-refractivity contribution < 1.29 is 27.2 Å². The lowest BCUT2D eigenvalue weighted by molar-refractivity contribution is 0.189. The van der Waals surface area contributed by atoms with Crippen molar-refractivity contribution in [1.29, 1.82) is 0 Å². The van der Waals surface area contributed by atoms with Crippen molar-refractivity contribution >= 4 is 15.2 Å². The first-order chi connectivity index (χ1) is 17.4. The minimum Gasteiger partial charge on any atom is -0.309 e. The van der Waals surface area contributed by atoms with Crippen LogP contribution in [-0.4, -0.2) is 38.8 Å². The largest absolute Gasteiger partial charge is 0.330 e. The van der Waals surface area contributed by atoms with E-state index in [-0.39, 0.29) is 18.2 Å². The van der Waals surface area contributed by atoms with Gasteiger partial charge in [0.2, 0.25) is 0 Å². The highest BCUT2D eigenvalue weighted by atomic mass is 31.2. The van der Waals surface area contributed by atoms with Gasteiger partial charge in [-0.25, -0.2) is 0 Å². The normalized spacial score (nSPS) is 12.5. The number of hydrogen-bond donors (Lipinski definition) is 0. The molecule has 210 valence electrons. The van der Waals surface area contributed by atoms with Crippen molar-refractivity contribution in [2.75, 3.05) is 38.8 Å². The highest BCUT2D eigenvalue weighted by Gasteiger charge is 2.35. The molecule has 0 aliphatic carbocycles. The molecule has 8 heteroatoms. The van der Waals surface area contributed by atoms with Gasteiger partial charge >= 0.3 is 15.2 Å². The Morgan fingerprint density at radius 2 is 1.00 bits per heavy atom. The van der Waals surface area contributed by atoms with E-state index in [0.717, 1.165) is 70.6 Å². The predicted octanol–water partition coefficient (Wildman–Crippen LogP) is 9.28. The Morgan fingerprint density at radius 1 is 0.611 bits per heavy atom. The van der Waals surface area contributed by atoms with Crippen molar-refractivity contribution in [1.82, 2.24) is 0 Å². The van der Waals surface area contributed by atoms with E-state index in [1.807, 2.05) is 18.2 Å². The summed E-state index contributed by atoms with van der Waals surface area (Å²) in [7, 11) is -6.66. The fraction of sp³-hybridized carbons (Fsp3) is 0.786. The third-order valence-electron chi connectivity index (χ3n) is 6.03. The third kappa shape index (κ3) is 15.7. The molecule has 0 fully saturated rings. The molecule has 0 heterocycles. The molecule has 0 atom stereocenters. The molecule has 1 aromatic rings. The lowest BCUT2D eigenvalue weighted by atomic mass is 10.0. The van der Waals surface area contributed by atoms with Crippen LogP contribution < -0.4 is 0 Å². The summed E-state index contributed by atoms with van der Waals surface area (Å²) in [5, 5.41) is 0. The summed E-state index contributed by atoms with van der Waals surface area (Å²) in [6, 6.07) is 10.3. The quantitative estimate of drug-likeness (QED) is 0.0950. The average Bonchev–Trinajstić information content (AvgIpc) is 2.85. The van der Waals surface area contributed by atoms with E-state index in [1.54, 1.807) is 0 Å². The summed E-state index contributed by atoms with van der Waals surface area (Å²) in [5.74, 6) is -0.142. The molecular weight excluding hydrogens is 494 g/mol. The minimum absolute atomic E-state index is 0.142. The maximum atomic E-state index is 13.8. The van der Waals surface area contributed by atoms with Crippen molar-refractivity contribution in [2.24, 2.45) is 5.92 Å². The van der Waals surface area contributed by atoms with Crippen LogP contribution >= 0.6 is 15.2 Å². The van der Waals surface area contributed by atoms with Gasteiger partial charge in [0.1, 0.15) is 0 Å². The van der Waals surface area contributed by atoms with Crippen LogP contribution in [0.3, 0.4) is 0 Å². The molecule has 1 aromatic carbocycles. The molecule has 1 rings (SSSR count). The minimum atomic E-state index is -3.33. The third-order valence-corrected chi connectivity index (χ3v) is 10.3. The van der Waals surface area contributed by atoms with Gasteiger partial charge in [0.05, 0.1) is 38.8 Å². The first-order valence-corrected chi connectivity index (χ1v) is 17.7. The molecule has 6 nitrogen and oxygen atoms in total. The van der Waals surface area contributed by atoms with Crippen LogP contribution in [0.5, 0.6) is 0 Å². The Bertz CT molecular complexity index is 675. The summed E-state index contributed by atoms with van der Waals surface area (Å²) in [5.41, 5.74) is 1.26. The zero-order valence-corrected chi connectivity index (χ0v) is 25.1. The highest BCUT2D eigenvalue weighted by molar-refractivity contribution is 7.55. The summed E-state index contributed by atoms with van der Waals surface area (Å²) >= 11 is 0. The Hall–Kier alpha value is -0.480. The molecule has 0 amide bonds. The molecule has 0 aliphatic heterocycles. The van der Waals surface area contributed by atoms with Gasteiger partial charge in [-0.3, -0.25) is 9.13 Å². The maximum Gasteiger partial charge on any atom is 0.330 e. The van der Waals surface area contributed by atoms with E-state index in [0.29, 0.717) is 26.4 Å². The molecular formula is C28H52O6P2. The van der Waals surface area contributed by atoms with E-state index < -0.39 is 15.2 Å². The fourth-order valence-corrected chi connectivity index (χ4v) is 8.08. The number of unbranched alkanes of at least 4 members (excludes halogenated alkanes) is 4. The van der Waals surface area contributed by atoms with E-state index in [1.165, 1.54) is 5.56 Å². The van der Waals surface area contributed by atoms with Crippen LogP contribution in [-0.2, 0) is 33.6 Å². The molecule has 0 unspecified atom stereocenters. The molecule has 0 bridgehead atoms. The maximum absolute atomic E-state index is 13.8. The standard InChI is InChI=1S/C28H52O6P2/c1-5-9-21-31-35(29,32-22-10-6-2)25-28(20-16-19-27-17-14-13-15-18-27)26-36(30,33-23-11-7-3)34-24-12-8-4/h13-15,17-18,28H,5-12,16,19-26H2,1-4H3. The van der Waals surface area contributed by atoms with Crippen molar-refractivity contribution in [3.8, 4) is 0 Å². The van der Waals surface area contributed by atoms with E-state index in [2.05, 4.69) is 39.8 Å². The van der Waals surface area contributed by atoms with Crippen LogP contribution in [0.1, 0.15) is 97.5 Å². The first-order valence-electron chi connectivity index (χ1n) is 14.2. The molecule has 36 heavy (non-hydrogen) atoms. The van der Waals surface area contributed by atoms with Crippen molar-refractivity contribution in [3.63, 3.8) is 0 Å². The van der Waals surface area contributed by atoms with E-state index in [4.69, 9.17) is 18.1 Å². The molecule has 0 spiro atoms. The molecule has 0 N–H and O–H groups in total. The van der Waals surface area contributed by atoms with Gasteiger partial charge < -0.3 is 18.1 Å². The van der Waals surface area contributed by atoms with Gasteiger partial charge in [-0.15, -0.1) is 0 Å². The Labute approximate surface area is 221 Å². The lowest BCUT2D eigenvalue weighted by Crippen LogP contribution is -2.18. The van der Waals surface area contributed by atoms with Crippen LogP contribution in [0, 0.1) is 5.92 Å². The first kappa shape index (κ1) is 33.5. The van der Waals surface area contributed by atoms with Gasteiger partial charge in [-0.05, 0) is 56.4 Å². The van der Waals surface area contributed by atoms with Gasteiger partial charge in [-0.1, -0.05) is 83.7 Å². The number of hydrogen-bond acceptors (Lipinski definition) is 6. The number of benzene rings is 1. The Morgan fingerprint density at radius 3 is 1.36 bits per heavy atom. The van der Waals surface area contributed by atoms with Crippen LogP contribution in [0.2, 0.25) is 0 Å². The SMILES string of the molecule is CCCCOP(=O)(CC(CCCc1ccccc1)CP(=O)(OCCCC)OCCCC)OCCCC. The van der Waals surface area contributed by atoms with Crippen LogP contribution in [0.25, 0.3) is 0 Å². The van der Waals surface area contributed by atoms with Gasteiger partial charge in [0, 0.05) is 0 Å². The molecule has 0 saturated carbocycles. The second kappa shape index (κ2) is 20.5. The second-order valence-electron chi connectivity index (χ2n) is 9.58. The summed E-state index contributed by atoms with van der Waals surface area (Å²) in [4.78, 5) is 0. The summed E-state index contributed by atoms with van der Waals surface area (Å²) < 4.78 is 51.1. The zero-order chi connectivity index (χ0) is 26.5. The fourth-order valence-electron chi connectivity index (χ4n) is 3.79. The van der Waals surface area contributed by atoms with E-state index in [9.17, 15) is 9.13 Å². The lowest BCUT2D eigenvalue weighted by Gasteiger charge is -2.27. The molecule has 0 radical (unpaired) electrons. The van der Waals surface area contributed by atoms with Crippen LogP contribution in [0.15, 0.2) is 30.3 Å². The van der Waals surface area contributed by atoms with Gasteiger partial charge in [0.15, 0.2) is 0 Å². The topological polar surface area (TPSA) is 71.1 Å². The monoisotopic (exact) mass is 546 g/mol. The predicted molar refractivity (Wildman–Crippen MR) is 151 cm³/mol. The van der Waals surface area contributed by atoms with Gasteiger partial charge in [-0.2, -0.15) is 0 Å². The average molecular weight is 547 g/mol. The molecule has 0 aliphatic rings. The Balaban J connectivity index is 3.02. The zero-order valence-electron chi connectivity index (χ0n) is 23.3. The molecule has 0 saturated heterocycles. The summed E-state index contributed by atoms with van der Waals surface area (Å²) in [6.45, 7) is 9.96. The smallest absolute Gasteiger partial charge is 0.309 e. The Kier molecular flexibility index (Phi) is 19.1. The highest BCUT2D eigenvalue weighted by Crippen LogP contribution is 2.56. The number of aryl methyl sites for hydroxylation is 1. The van der Waals surface area contributed by atoms with Gasteiger partial charge in [0.25, 0.3) is 0 Å². The van der Waals surface area contributed by atoms with Crippen molar-refractivity contribution in [2.45, 2.75) is 98.3 Å². The van der Waals surface area contributed by atoms with Crippen LogP contribution in [0.4, 0.5) is 0 Å².